The van der Waals surface area contributed by atoms with Crippen molar-refractivity contribution in [2.75, 3.05) is 14.2 Å². The Labute approximate surface area is 86.0 Å². The van der Waals surface area contributed by atoms with Gasteiger partial charge in [0.15, 0.2) is 0 Å². The van der Waals surface area contributed by atoms with Gasteiger partial charge in [0.2, 0.25) is 11.2 Å². The van der Waals surface area contributed by atoms with Gasteiger partial charge in [-0.25, -0.2) is 0 Å². The lowest BCUT2D eigenvalue weighted by Crippen LogP contribution is -2.04. The number of methoxy groups -OCH3 is 2. The van der Waals surface area contributed by atoms with E-state index in [4.69, 9.17) is 13.9 Å². The Morgan fingerprint density at radius 1 is 1.20 bits per heavy atom. The topological polar surface area (TPSA) is 48.7 Å². The molecule has 1 aromatic carbocycles. The minimum atomic E-state index is -0.179. The summed E-state index contributed by atoms with van der Waals surface area (Å²) in [6.07, 6.45) is 1.30. The van der Waals surface area contributed by atoms with Gasteiger partial charge in [0.1, 0.15) is 17.6 Å². The van der Waals surface area contributed by atoms with E-state index in [1.807, 2.05) is 0 Å². The first-order valence-electron chi connectivity index (χ1n) is 4.40. The lowest BCUT2D eigenvalue weighted by Gasteiger charge is -2.02. The summed E-state index contributed by atoms with van der Waals surface area (Å²) in [6, 6.07) is 5.03. The number of benzene rings is 1. The van der Waals surface area contributed by atoms with E-state index in [2.05, 4.69) is 0 Å². The Bertz CT molecular complexity index is 542. The summed E-state index contributed by atoms with van der Waals surface area (Å²) in [7, 11) is 2.99. The first kappa shape index (κ1) is 9.58. The van der Waals surface area contributed by atoms with Crippen LogP contribution in [0.3, 0.4) is 0 Å². The summed E-state index contributed by atoms with van der Waals surface area (Å²) < 4.78 is 15.1. The van der Waals surface area contributed by atoms with Crippen LogP contribution in [0.2, 0.25) is 0 Å². The van der Waals surface area contributed by atoms with Gasteiger partial charge in [-0.2, -0.15) is 0 Å². The van der Waals surface area contributed by atoms with Crippen molar-refractivity contribution in [3.05, 3.63) is 34.7 Å². The predicted molar refractivity (Wildman–Crippen MR) is 55.6 cm³/mol. The van der Waals surface area contributed by atoms with Gasteiger partial charge in [0.25, 0.3) is 0 Å². The second kappa shape index (κ2) is 3.65. The first-order valence-corrected chi connectivity index (χ1v) is 4.40. The third-order valence-electron chi connectivity index (χ3n) is 2.17. The minimum absolute atomic E-state index is 0.179. The molecule has 4 heteroatoms. The second-order valence-corrected chi connectivity index (χ2v) is 3.00. The summed E-state index contributed by atoms with van der Waals surface area (Å²) >= 11 is 0. The number of ether oxygens (including phenoxy) is 2. The lowest BCUT2D eigenvalue weighted by molar-refractivity contribution is 0.393. The van der Waals surface area contributed by atoms with Gasteiger partial charge in [-0.05, 0) is 12.1 Å². The Hall–Kier alpha value is -1.97. The van der Waals surface area contributed by atoms with E-state index in [0.29, 0.717) is 16.7 Å². The predicted octanol–water partition coefficient (Wildman–Crippen LogP) is 1.81. The zero-order valence-electron chi connectivity index (χ0n) is 8.44. The van der Waals surface area contributed by atoms with E-state index >= 15 is 0 Å². The molecular weight excluding hydrogens is 196 g/mol. The van der Waals surface area contributed by atoms with Gasteiger partial charge in [0.05, 0.1) is 19.6 Å². The smallest absolute Gasteiger partial charge is 0.234 e. The maximum absolute atomic E-state index is 11.7. The Balaban J connectivity index is 2.74. The van der Waals surface area contributed by atoms with Crippen LogP contribution < -0.4 is 14.9 Å². The van der Waals surface area contributed by atoms with Crippen molar-refractivity contribution >= 4 is 11.0 Å². The molecule has 1 aromatic heterocycles. The molecule has 78 valence electrons. The highest BCUT2D eigenvalue weighted by Gasteiger charge is 2.07. The summed E-state index contributed by atoms with van der Waals surface area (Å²) in [4.78, 5) is 11.7. The molecule has 15 heavy (non-hydrogen) atoms. The van der Waals surface area contributed by atoms with Crippen LogP contribution in [0.15, 0.2) is 33.7 Å². The fourth-order valence-electron chi connectivity index (χ4n) is 1.36. The zero-order chi connectivity index (χ0) is 10.8. The van der Waals surface area contributed by atoms with Crippen molar-refractivity contribution in [3.63, 3.8) is 0 Å². The molecule has 0 fully saturated rings. The summed E-state index contributed by atoms with van der Waals surface area (Å²) in [5.74, 6) is 0.850. The molecule has 0 spiro atoms. The van der Waals surface area contributed by atoms with Crippen LogP contribution in [0, 0.1) is 0 Å². The molecule has 0 unspecified atom stereocenters. The molecule has 2 aromatic rings. The molecule has 2 rings (SSSR count). The van der Waals surface area contributed by atoms with Gasteiger partial charge < -0.3 is 13.9 Å². The molecule has 0 aliphatic carbocycles. The van der Waals surface area contributed by atoms with Gasteiger partial charge >= 0.3 is 0 Å². The van der Waals surface area contributed by atoms with Crippen LogP contribution in [0.4, 0.5) is 0 Å². The van der Waals surface area contributed by atoms with E-state index in [1.54, 1.807) is 25.3 Å². The molecular formula is C11H10O4. The van der Waals surface area contributed by atoms with Crippen LogP contribution in [0.25, 0.3) is 11.0 Å². The van der Waals surface area contributed by atoms with Gasteiger partial charge in [-0.3, -0.25) is 4.79 Å². The van der Waals surface area contributed by atoms with Gasteiger partial charge in [0, 0.05) is 6.07 Å². The minimum Gasteiger partial charge on any atom is -0.497 e. The normalized spacial score (nSPS) is 10.3. The van der Waals surface area contributed by atoms with Crippen LogP contribution in [0.5, 0.6) is 11.5 Å². The lowest BCUT2D eigenvalue weighted by atomic mass is 10.2. The molecule has 0 aliphatic heterocycles. The van der Waals surface area contributed by atoms with E-state index in [0.717, 1.165) is 0 Å². The van der Waals surface area contributed by atoms with E-state index in [9.17, 15) is 4.79 Å². The molecule has 0 saturated carbocycles. The summed E-state index contributed by atoms with van der Waals surface area (Å²) in [5.41, 5.74) is 0.307. The van der Waals surface area contributed by atoms with E-state index in [1.165, 1.54) is 13.4 Å². The average Bonchev–Trinajstić information content (AvgIpc) is 2.29. The monoisotopic (exact) mass is 206 g/mol. The molecule has 0 amide bonds. The summed E-state index contributed by atoms with van der Waals surface area (Å²) in [6.45, 7) is 0. The molecule has 0 N–H and O–H groups in total. The quantitative estimate of drug-likeness (QED) is 0.751. The van der Waals surface area contributed by atoms with Crippen molar-refractivity contribution < 1.29 is 13.9 Å². The fourth-order valence-corrected chi connectivity index (χ4v) is 1.36. The van der Waals surface area contributed by atoms with Crippen molar-refractivity contribution in [1.29, 1.82) is 0 Å². The maximum Gasteiger partial charge on any atom is 0.234 e. The molecule has 0 aliphatic rings. The van der Waals surface area contributed by atoms with Crippen molar-refractivity contribution in [2.45, 2.75) is 0 Å². The number of hydrogen-bond donors (Lipinski definition) is 0. The van der Waals surface area contributed by atoms with E-state index in [-0.39, 0.29) is 11.2 Å². The average molecular weight is 206 g/mol. The maximum atomic E-state index is 11.7. The van der Waals surface area contributed by atoms with Gasteiger partial charge in [-0.15, -0.1) is 0 Å². The van der Waals surface area contributed by atoms with Crippen molar-refractivity contribution in [2.24, 2.45) is 0 Å². The van der Waals surface area contributed by atoms with Crippen LogP contribution in [-0.2, 0) is 0 Å². The van der Waals surface area contributed by atoms with Crippen LogP contribution >= 0.6 is 0 Å². The van der Waals surface area contributed by atoms with Crippen molar-refractivity contribution in [1.82, 2.24) is 0 Å². The highest BCUT2D eigenvalue weighted by molar-refractivity contribution is 5.78. The number of rotatable bonds is 2. The summed E-state index contributed by atoms with van der Waals surface area (Å²) in [5, 5.41) is 0.482. The highest BCUT2D eigenvalue weighted by Crippen LogP contribution is 2.20. The molecule has 0 atom stereocenters. The van der Waals surface area contributed by atoms with Crippen molar-refractivity contribution in [3.8, 4) is 11.5 Å². The van der Waals surface area contributed by atoms with Crippen LogP contribution in [0.1, 0.15) is 0 Å². The number of fused-ring (bicyclic) bond motifs is 1. The SMILES string of the molecule is COc1ccc2c(=O)c(OC)coc2c1. The van der Waals surface area contributed by atoms with Crippen LogP contribution in [-0.4, -0.2) is 14.2 Å². The molecule has 0 saturated heterocycles. The Kier molecular flexibility index (Phi) is 2.33. The first-order chi connectivity index (χ1) is 7.26. The Morgan fingerprint density at radius 2 is 2.00 bits per heavy atom. The molecule has 1 heterocycles. The molecule has 0 radical (unpaired) electrons. The fraction of sp³-hybridized carbons (Fsp3) is 0.182. The van der Waals surface area contributed by atoms with Gasteiger partial charge in [-0.1, -0.05) is 0 Å². The third kappa shape index (κ3) is 1.54. The Morgan fingerprint density at radius 3 is 2.67 bits per heavy atom. The van der Waals surface area contributed by atoms with E-state index < -0.39 is 0 Å². The molecule has 0 bridgehead atoms. The molecule has 4 nitrogen and oxygen atoms in total. The third-order valence-corrected chi connectivity index (χ3v) is 2.17. The second-order valence-electron chi connectivity index (χ2n) is 3.00. The standard InChI is InChI=1S/C11H10O4/c1-13-7-3-4-8-9(5-7)15-6-10(14-2)11(8)12/h3-6H,1-2H3. The highest BCUT2D eigenvalue weighted by atomic mass is 16.5. The largest absolute Gasteiger partial charge is 0.497 e. The number of hydrogen-bond acceptors (Lipinski definition) is 4. The zero-order valence-corrected chi connectivity index (χ0v) is 8.44.